The first-order chi connectivity index (χ1) is 47.3. The van der Waals surface area contributed by atoms with Gasteiger partial charge in [0, 0.05) is 55.2 Å². The number of ether oxygens (including phenoxy) is 5. The molecule has 2 saturated heterocycles. The summed E-state index contributed by atoms with van der Waals surface area (Å²) in [6, 6.07) is -7.85. The molecule has 0 saturated carbocycles. The molecule has 101 heavy (non-hydrogen) atoms. The lowest BCUT2D eigenvalue weighted by Crippen LogP contribution is -2.65. The van der Waals surface area contributed by atoms with Gasteiger partial charge in [0.15, 0.2) is 18.7 Å². The van der Waals surface area contributed by atoms with Gasteiger partial charge in [-0.05, 0) is 31.7 Å². The van der Waals surface area contributed by atoms with E-state index in [4.69, 9.17) is 69.9 Å². The van der Waals surface area contributed by atoms with Gasteiger partial charge in [-0.1, -0.05) is 6.92 Å². The minimum atomic E-state index is -4.92. The van der Waals surface area contributed by atoms with Crippen LogP contribution in [0.1, 0.15) is 88.8 Å². The Morgan fingerprint density at radius 3 is 2.05 bits per heavy atom. The first-order valence-electron chi connectivity index (χ1n) is 30.5. The van der Waals surface area contributed by atoms with E-state index < -0.39 is 193 Å². The molecular weight excluding hydrogens is 1430 g/mol. The van der Waals surface area contributed by atoms with Crippen LogP contribution >= 0.6 is 22.7 Å². The molecule has 2 aliphatic rings. The molecule has 0 bridgehead atoms. The Bertz CT molecular complexity index is 3540. The van der Waals surface area contributed by atoms with Crippen molar-refractivity contribution in [2.45, 2.75) is 157 Å². The van der Waals surface area contributed by atoms with E-state index in [1.807, 2.05) is 0 Å². The highest BCUT2D eigenvalue weighted by Crippen LogP contribution is 2.35. The summed E-state index contributed by atoms with van der Waals surface area (Å²) in [5.74, 6) is -7.69. The molecule has 2 fully saturated rings. The number of aromatic amines is 1. The van der Waals surface area contributed by atoms with Crippen molar-refractivity contribution in [1.29, 1.82) is 0 Å². The third-order valence-electron chi connectivity index (χ3n) is 15.3. The average Bonchev–Trinajstić information content (AvgIpc) is 1.16. The molecule has 0 aromatic carbocycles. The lowest BCUT2D eigenvalue weighted by molar-refractivity contribution is -0.372. The second-order valence-corrected chi connectivity index (χ2v) is 28.3. The fourth-order valence-corrected chi connectivity index (χ4v) is 12.1. The molecule has 6 heterocycles. The number of aliphatic hydroxyl groups is 8. The highest BCUT2D eigenvalue weighted by atomic mass is 32.3. The number of anilines is 1. The minimum Gasteiger partial charge on any atom is -0.726 e. The lowest BCUT2D eigenvalue weighted by Gasteiger charge is -2.47. The van der Waals surface area contributed by atoms with Gasteiger partial charge < -0.3 is 135 Å². The molecule has 19 atom stereocenters. The van der Waals surface area contributed by atoms with E-state index in [1.165, 1.54) is 50.4 Å². The van der Waals surface area contributed by atoms with Gasteiger partial charge in [0.2, 0.25) is 39.9 Å². The van der Waals surface area contributed by atoms with Crippen LogP contribution in [0.2, 0.25) is 0 Å². The fraction of sp³-hybridized carbons (Fsp3) is 0.618. The van der Waals surface area contributed by atoms with Crippen LogP contribution in [0.25, 0.3) is 10.7 Å². The van der Waals surface area contributed by atoms with E-state index in [2.05, 4.69) is 74.3 Å². The van der Waals surface area contributed by atoms with Gasteiger partial charge in [0.1, 0.15) is 100 Å². The molecule has 0 spiro atoms. The normalized spacial score (nSPS) is 23.4. The van der Waals surface area contributed by atoms with Crippen molar-refractivity contribution in [1.82, 2.24) is 61.8 Å². The van der Waals surface area contributed by atoms with Crippen molar-refractivity contribution < 1.29 is 120 Å². The number of imidazole rings is 1. The number of aromatic nitrogens is 6. The van der Waals surface area contributed by atoms with Crippen molar-refractivity contribution in [2.75, 3.05) is 56.8 Å². The Labute approximate surface area is 586 Å². The standard InChI is InChI=1S/C55H83N17O21S3.H2O4S/c1-20-33(69-46(72-44(20)58)25(12-31(57)76)64-13-24(56)45(59)82)50(86)71-35(41(26-14-61-19-65-26)91-54-43(39(80)37(78)29(15-73)90-54)92-53-40(81)42(93-55(60)88)38(79)30(16-74)89-53)51(87)66-22(3)36(77)21(2)47(83)70-34(23(4)75)49(85)63-10-8-32-67-28(18-94-32)52-68-27(17-95-52)48(84)62-9-7-11-96(5)6;1-5(2,3)4/h14,17-19,21-25,29-30,34-43,53-54,64,73-75,77-81H,7-13,15-16,56H2,1-6H3,(H13-,57,58,59,60,61,62,63,65,66,69,70,71,72,76,82,83,84,85,86,87,88);(H2,1,2,3,4)/t21?,22?,23?,24?,25?,29-,30-,34?,35?,36?,37+,38-,39?,40?,41?,42+,43-,53?,54-;/m1./s1. The summed E-state index contributed by atoms with van der Waals surface area (Å²) in [5.41, 5.74) is 28.1. The zero-order chi connectivity index (χ0) is 75.5. The number of thiazole rings is 2. The number of nitrogens with two attached hydrogens (primary N) is 5. The number of carbonyl (C=O) groups excluding carboxylic acids is 8. The molecule has 2 aliphatic heterocycles. The van der Waals surface area contributed by atoms with Crippen LogP contribution in [0.15, 0.2) is 23.3 Å². The predicted octanol–water partition coefficient (Wildman–Crippen LogP) is -8.70. The largest absolute Gasteiger partial charge is 0.726 e. The maximum absolute atomic E-state index is 15.2. The van der Waals surface area contributed by atoms with E-state index in [9.17, 15) is 74.4 Å². The molecule has 8 amide bonds. The number of hydrogen-bond donors (Lipinski definition) is 21. The van der Waals surface area contributed by atoms with Crippen LogP contribution in [0.5, 0.6) is 0 Å². The third kappa shape index (κ3) is 24.6. The summed E-state index contributed by atoms with van der Waals surface area (Å²) in [6.07, 6.45) is -20.0. The van der Waals surface area contributed by atoms with Crippen molar-refractivity contribution in [3.05, 3.63) is 56.8 Å². The van der Waals surface area contributed by atoms with Crippen LogP contribution in [0.4, 0.5) is 10.6 Å². The number of aliphatic hydroxyl groups excluding tert-OH is 8. The van der Waals surface area contributed by atoms with Gasteiger partial charge in [0.05, 0.1) is 85.2 Å². The molecule has 0 radical (unpaired) electrons. The lowest BCUT2D eigenvalue weighted by atomic mass is 9.96. The van der Waals surface area contributed by atoms with Crippen molar-refractivity contribution >= 4 is 97.2 Å². The summed E-state index contributed by atoms with van der Waals surface area (Å²) >= 11 is 2.52. The van der Waals surface area contributed by atoms with Crippen molar-refractivity contribution in [3.8, 4) is 10.7 Å². The minimum absolute atomic E-state index is 0.00498. The zero-order valence-corrected chi connectivity index (χ0v) is 58.2. The molecule has 4 aromatic rings. The van der Waals surface area contributed by atoms with Crippen molar-refractivity contribution in [2.24, 2.45) is 28.9 Å². The molecule has 0 aliphatic carbocycles. The first-order valence-corrected chi connectivity index (χ1v) is 35.9. The fourth-order valence-electron chi connectivity index (χ4n) is 9.80. The molecular formula is C55H85N17O25S4. The number of nitrogen functional groups attached to an aromatic ring is 1. The zero-order valence-electron chi connectivity index (χ0n) is 55.0. The Hall–Kier alpha value is -7.43. The molecule has 6 rings (SSSR count). The quantitative estimate of drug-likeness (QED) is 0.00880. The maximum Gasteiger partial charge on any atom is 0.404 e. The molecule has 46 heteroatoms. The monoisotopic (exact) mass is 1510 g/mol. The summed E-state index contributed by atoms with van der Waals surface area (Å²) < 4.78 is 61.6. The van der Waals surface area contributed by atoms with E-state index >= 15 is 4.79 Å². The highest BCUT2D eigenvalue weighted by Gasteiger charge is 2.54. The van der Waals surface area contributed by atoms with Crippen LogP contribution in [-0.4, -0.2) is 285 Å². The van der Waals surface area contributed by atoms with Crippen LogP contribution < -0.4 is 60.6 Å². The topological polar surface area (TPSA) is 705 Å². The van der Waals surface area contributed by atoms with Crippen LogP contribution in [0, 0.1) is 12.8 Å². The van der Waals surface area contributed by atoms with Gasteiger partial charge in [-0.2, -0.15) is 0 Å². The van der Waals surface area contributed by atoms with Crippen LogP contribution in [-0.2, 0) is 75.4 Å². The number of amides is 8. The summed E-state index contributed by atoms with van der Waals surface area (Å²) in [4.78, 5) is 131. The van der Waals surface area contributed by atoms with Crippen LogP contribution in [0.3, 0.4) is 0 Å². The van der Waals surface area contributed by atoms with E-state index in [0.29, 0.717) is 22.3 Å². The maximum atomic E-state index is 15.2. The summed E-state index contributed by atoms with van der Waals surface area (Å²) in [6.45, 7) is 3.18. The molecule has 12 unspecified atom stereocenters. The molecule has 4 aromatic heterocycles. The molecule has 564 valence electrons. The van der Waals surface area contributed by atoms with Gasteiger partial charge >= 0.3 is 6.09 Å². The SMILES string of the molecule is Cc1c(N)nc(C(CC(N)=O)NCC(N)C(N)=O)nc1C(=O)NC(C(=O)NC(C)C(O)C(C)C(=O)NC(C(=O)NCCc1nc(-c2nc(C(=O)NCCC[S+](C)C)cs2)cs1)C(C)O)C(O[C@H]1O[C@H](CO)[C@H](O)C(O)[C@H]1OC1O[C@H](CO)[C@@H](O)[C@H](OC(N)=O)C1O)c1cnc[nH]1.O=S(=O)([O-])O. The molecule has 26 N–H and O–H groups in total. The number of carbonyl (C=O) groups is 8. The second kappa shape index (κ2) is 38.7. The third-order valence-corrected chi connectivity index (χ3v) is 18.2. The summed E-state index contributed by atoms with van der Waals surface area (Å²) in [5, 5.41) is 108. The smallest absolute Gasteiger partial charge is 0.404 e. The Kier molecular flexibility index (Phi) is 32.3. The van der Waals surface area contributed by atoms with Gasteiger partial charge in [0.25, 0.3) is 11.8 Å². The Balaban J connectivity index is 0.00000354. The average molecular weight is 1510 g/mol. The Morgan fingerprint density at radius 1 is 0.802 bits per heavy atom. The van der Waals surface area contributed by atoms with E-state index in [1.54, 1.807) is 10.8 Å². The number of nitrogens with one attached hydrogen (secondary N) is 7. The van der Waals surface area contributed by atoms with E-state index in [-0.39, 0.29) is 64.9 Å². The van der Waals surface area contributed by atoms with Gasteiger partial charge in [-0.25, -0.2) is 38.1 Å². The Morgan fingerprint density at radius 2 is 1.46 bits per heavy atom. The number of primary amides is 3. The number of H-pyrrole nitrogens is 1. The number of rotatable bonds is 35. The first kappa shape index (κ1) is 84.2. The van der Waals surface area contributed by atoms with Gasteiger partial charge in [-0.15, -0.1) is 22.7 Å². The van der Waals surface area contributed by atoms with E-state index in [0.717, 1.165) is 24.7 Å². The highest BCUT2D eigenvalue weighted by molar-refractivity contribution is 7.95. The second-order valence-electron chi connectivity index (χ2n) is 23.2. The summed E-state index contributed by atoms with van der Waals surface area (Å²) in [7, 11) is -4.66. The van der Waals surface area contributed by atoms with Crippen molar-refractivity contribution in [3.63, 3.8) is 0 Å². The number of nitrogens with zero attached hydrogens (tertiary/aromatic N) is 5. The molecule has 42 nitrogen and oxygen atoms in total. The number of hydrogen-bond acceptors (Lipinski definition) is 34. The predicted molar refractivity (Wildman–Crippen MR) is 351 cm³/mol. The van der Waals surface area contributed by atoms with Gasteiger partial charge in [-0.3, -0.25) is 38.1 Å².